The van der Waals surface area contributed by atoms with Crippen LogP contribution in [0.25, 0.3) is 0 Å². The predicted molar refractivity (Wildman–Crippen MR) is 55.4 cm³/mol. The second kappa shape index (κ2) is 5.03. The second-order valence-electron chi connectivity index (χ2n) is 3.05. The SMILES string of the molecule is Cc1cc([N+](=O)[O-])c(F)cc1C#CCC=O. The highest BCUT2D eigenvalue weighted by Gasteiger charge is 2.15. The van der Waals surface area contributed by atoms with Crippen LogP contribution in [-0.2, 0) is 4.79 Å². The van der Waals surface area contributed by atoms with Gasteiger partial charge in [0.05, 0.1) is 11.3 Å². The van der Waals surface area contributed by atoms with Gasteiger partial charge in [0.2, 0.25) is 5.82 Å². The van der Waals surface area contributed by atoms with E-state index in [0.717, 1.165) is 12.1 Å². The van der Waals surface area contributed by atoms with Crippen molar-refractivity contribution in [2.24, 2.45) is 0 Å². The van der Waals surface area contributed by atoms with Crippen molar-refractivity contribution in [3.63, 3.8) is 0 Å². The van der Waals surface area contributed by atoms with Gasteiger partial charge in [0.15, 0.2) is 0 Å². The van der Waals surface area contributed by atoms with Crippen LogP contribution in [0.2, 0.25) is 0 Å². The molecule has 0 unspecified atom stereocenters. The fourth-order valence-electron chi connectivity index (χ4n) is 1.13. The third-order valence-corrected chi connectivity index (χ3v) is 1.90. The van der Waals surface area contributed by atoms with Crippen LogP contribution in [0.5, 0.6) is 0 Å². The van der Waals surface area contributed by atoms with Gasteiger partial charge in [-0.2, -0.15) is 4.39 Å². The van der Waals surface area contributed by atoms with Crippen LogP contribution in [0.1, 0.15) is 17.5 Å². The van der Waals surface area contributed by atoms with E-state index in [2.05, 4.69) is 11.8 Å². The van der Waals surface area contributed by atoms with E-state index in [4.69, 9.17) is 0 Å². The average molecular weight is 221 g/mol. The summed E-state index contributed by atoms with van der Waals surface area (Å²) in [5.74, 6) is 4.17. The number of nitro groups is 1. The van der Waals surface area contributed by atoms with E-state index in [1.165, 1.54) is 0 Å². The fourth-order valence-corrected chi connectivity index (χ4v) is 1.13. The first-order chi connectivity index (χ1) is 7.56. The number of carbonyl (C=O) groups is 1. The molecule has 5 heteroatoms. The largest absolute Gasteiger partial charge is 0.305 e. The van der Waals surface area contributed by atoms with Gasteiger partial charge in [-0.3, -0.25) is 10.1 Å². The number of aldehydes is 1. The molecule has 0 aliphatic rings. The highest BCUT2D eigenvalue weighted by atomic mass is 19.1. The van der Waals surface area contributed by atoms with E-state index in [1.807, 2.05) is 0 Å². The van der Waals surface area contributed by atoms with Crippen molar-refractivity contribution in [2.45, 2.75) is 13.3 Å². The number of hydrogen-bond donors (Lipinski definition) is 0. The first-order valence-corrected chi connectivity index (χ1v) is 4.43. The molecule has 0 spiro atoms. The van der Waals surface area contributed by atoms with Crippen LogP contribution in [0.4, 0.5) is 10.1 Å². The topological polar surface area (TPSA) is 60.2 Å². The molecule has 0 aliphatic heterocycles. The summed E-state index contributed by atoms with van der Waals surface area (Å²) in [6.07, 6.45) is 0.683. The van der Waals surface area contributed by atoms with Crippen molar-refractivity contribution >= 4 is 12.0 Å². The molecule has 1 aromatic rings. The van der Waals surface area contributed by atoms with Crippen LogP contribution in [0.3, 0.4) is 0 Å². The minimum Gasteiger partial charge on any atom is -0.302 e. The molecule has 1 rings (SSSR count). The summed E-state index contributed by atoms with van der Waals surface area (Å²) in [6, 6.07) is 2.13. The molecule has 0 aromatic heterocycles. The monoisotopic (exact) mass is 221 g/mol. The molecule has 0 amide bonds. The van der Waals surface area contributed by atoms with E-state index in [-0.39, 0.29) is 6.42 Å². The quantitative estimate of drug-likeness (QED) is 0.332. The molecule has 0 fully saturated rings. The number of nitrogens with zero attached hydrogens (tertiary/aromatic N) is 1. The van der Waals surface area contributed by atoms with Gasteiger partial charge in [0.25, 0.3) is 0 Å². The maximum atomic E-state index is 13.2. The number of nitro benzene ring substituents is 1. The van der Waals surface area contributed by atoms with Crippen LogP contribution in [-0.4, -0.2) is 11.2 Å². The molecular weight excluding hydrogens is 213 g/mol. The van der Waals surface area contributed by atoms with Crippen molar-refractivity contribution in [1.29, 1.82) is 0 Å². The number of halogens is 1. The van der Waals surface area contributed by atoms with Gasteiger partial charge in [0.1, 0.15) is 6.29 Å². The van der Waals surface area contributed by atoms with E-state index < -0.39 is 16.4 Å². The Kier molecular flexibility index (Phi) is 3.72. The summed E-state index contributed by atoms with van der Waals surface area (Å²) < 4.78 is 13.2. The molecule has 16 heavy (non-hydrogen) atoms. The molecule has 0 aliphatic carbocycles. The summed E-state index contributed by atoms with van der Waals surface area (Å²) in [6.45, 7) is 1.59. The molecule has 0 heterocycles. The van der Waals surface area contributed by atoms with Crippen LogP contribution in [0.15, 0.2) is 12.1 Å². The van der Waals surface area contributed by atoms with Crippen LogP contribution >= 0.6 is 0 Å². The molecule has 82 valence electrons. The maximum Gasteiger partial charge on any atom is 0.305 e. The van der Waals surface area contributed by atoms with Gasteiger partial charge in [-0.05, 0) is 18.6 Å². The number of carbonyl (C=O) groups excluding carboxylic acids is 1. The Morgan fingerprint density at radius 2 is 2.25 bits per heavy atom. The van der Waals surface area contributed by atoms with Crippen molar-refractivity contribution in [1.82, 2.24) is 0 Å². The van der Waals surface area contributed by atoms with E-state index in [9.17, 15) is 19.3 Å². The summed E-state index contributed by atoms with van der Waals surface area (Å²) in [7, 11) is 0. The van der Waals surface area contributed by atoms with Gasteiger partial charge in [-0.25, -0.2) is 0 Å². The van der Waals surface area contributed by atoms with Crippen LogP contribution in [0, 0.1) is 34.7 Å². The lowest BCUT2D eigenvalue weighted by Gasteiger charge is -1.99. The van der Waals surface area contributed by atoms with E-state index in [1.54, 1.807) is 6.92 Å². The molecule has 0 bridgehead atoms. The van der Waals surface area contributed by atoms with Crippen molar-refractivity contribution in [3.8, 4) is 11.8 Å². The third kappa shape index (κ3) is 2.64. The number of aryl methyl sites for hydroxylation is 1. The molecule has 0 radical (unpaired) electrons. The fraction of sp³-hybridized carbons (Fsp3) is 0.182. The zero-order valence-electron chi connectivity index (χ0n) is 8.49. The van der Waals surface area contributed by atoms with Gasteiger partial charge in [-0.1, -0.05) is 11.8 Å². The summed E-state index contributed by atoms with van der Waals surface area (Å²) in [5.41, 5.74) is 0.287. The normalized spacial score (nSPS) is 9.12. The molecular formula is C11H8FNO3. The highest BCUT2D eigenvalue weighted by Crippen LogP contribution is 2.21. The number of rotatable bonds is 2. The molecule has 0 saturated carbocycles. The summed E-state index contributed by atoms with van der Waals surface area (Å²) >= 11 is 0. The summed E-state index contributed by atoms with van der Waals surface area (Å²) in [5, 5.41) is 10.4. The Hall–Kier alpha value is -2.22. The Morgan fingerprint density at radius 3 is 2.81 bits per heavy atom. The third-order valence-electron chi connectivity index (χ3n) is 1.90. The molecule has 1 aromatic carbocycles. The summed E-state index contributed by atoms with van der Waals surface area (Å²) in [4.78, 5) is 19.7. The molecule has 0 atom stereocenters. The number of hydrogen-bond acceptors (Lipinski definition) is 3. The molecule has 0 saturated heterocycles. The predicted octanol–water partition coefficient (Wildman–Crippen LogP) is 1.98. The smallest absolute Gasteiger partial charge is 0.302 e. The van der Waals surface area contributed by atoms with Crippen molar-refractivity contribution < 1.29 is 14.1 Å². The maximum absolute atomic E-state index is 13.2. The Morgan fingerprint density at radius 1 is 1.56 bits per heavy atom. The van der Waals surface area contributed by atoms with Gasteiger partial charge in [0, 0.05) is 11.6 Å². The average Bonchev–Trinajstić information content (AvgIpc) is 2.22. The van der Waals surface area contributed by atoms with Crippen molar-refractivity contribution in [2.75, 3.05) is 0 Å². The lowest BCUT2D eigenvalue weighted by atomic mass is 10.1. The Balaban J connectivity index is 3.17. The Labute approximate surface area is 91.2 Å². The minimum atomic E-state index is -0.925. The Bertz CT molecular complexity index is 500. The van der Waals surface area contributed by atoms with Gasteiger partial charge in [-0.15, -0.1) is 0 Å². The molecule has 4 nitrogen and oxygen atoms in total. The lowest BCUT2D eigenvalue weighted by Crippen LogP contribution is -1.95. The van der Waals surface area contributed by atoms with E-state index in [0.29, 0.717) is 17.4 Å². The highest BCUT2D eigenvalue weighted by molar-refractivity contribution is 5.56. The second-order valence-corrected chi connectivity index (χ2v) is 3.05. The first-order valence-electron chi connectivity index (χ1n) is 4.43. The van der Waals surface area contributed by atoms with Gasteiger partial charge < -0.3 is 4.79 Å². The molecule has 0 N–H and O–H groups in total. The van der Waals surface area contributed by atoms with Gasteiger partial charge >= 0.3 is 5.69 Å². The lowest BCUT2D eigenvalue weighted by molar-refractivity contribution is -0.387. The first kappa shape index (κ1) is 11.9. The van der Waals surface area contributed by atoms with Crippen molar-refractivity contribution in [3.05, 3.63) is 39.2 Å². The zero-order chi connectivity index (χ0) is 12.1. The van der Waals surface area contributed by atoms with E-state index >= 15 is 0 Å². The standard InChI is InChI=1S/C11H8FNO3/c1-8-6-11(13(15)16)10(12)7-9(8)4-2-3-5-14/h5-7H,3H2,1H3. The van der Waals surface area contributed by atoms with Crippen LogP contribution < -0.4 is 0 Å². The zero-order valence-corrected chi connectivity index (χ0v) is 8.49. The minimum absolute atomic E-state index is 0.0536. The number of benzene rings is 1.